The SMILES string of the molecule is Cc1ccc(N2CCCC2=O)cc1S(=O)(=O)N(C)CCC#N. The molecule has 1 amide bonds. The molecule has 1 aromatic carbocycles. The van der Waals surface area contributed by atoms with E-state index in [2.05, 4.69) is 0 Å². The summed E-state index contributed by atoms with van der Waals surface area (Å²) >= 11 is 0. The molecule has 0 aromatic heterocycles. The minimum atomic E-state index is -3.67. The molecule has 0 radical (unpaired) electrons. The van der Waals surface area contributed by atoms with Gasteiger partial charge in [0.15, 0.2) is 0 Å². The number of hydrogen-bond donors (Lipinski definition) is 0. The van der Waals surface area contributed by atoms with E-state index in [1.807, 2.05) is 6.07 Å². The molecule has 0 aliphatic carbocycles. The van der Waals surface area contributed by atoms with Gasteiger partial charge in [-0.2, -0.15) is 9.57 Å². The molecule has 22 heavy (non-hydrogen) atoms. The van der Waals surface area contributed by atoms with Crippen molar-refractivity contribution in [2.75, 3.05) is 25.0 Å². The van der Waals surface area contributed by atoms with E-state index < -0.39 is 10.0 Å². The highest BCUT2D eigenvalue weighted by atomic mass is 32.2. The van der Waals surface area contributed by atoms with Crippen molar-refractivity contribution < 1.29 is 13.2 Å². The molecule has 0 N–H and O–H groups in total. The van der Waals surface area contributed by atoms with Crippen LogP contribution in [0, 0.1) is 18.3 Å². The Morgan fingerprint density at radius 3 is 2.73 bits per heavy atom. The average molecular weight is 321 g/mol. The van der Waals surface area contributed by atoms with Gasteiger partial charge in [-0.25, -0.2) is 8.42 Å². The van der Waals surface area contributed by atoms with E-state index in [0.717, 1.165) is 6.42 Å². The summed E-state index contributed by atoms with van der Waals surface area (Å²) < 4.78 is 26.4. The number of benzene rings is 1. The van der Waals surface area contributed by atoms with Gasteiger partial charge in [-0.1, -0.05) is 6.07 Å². The van der Waals surface area contributed by atoms with Crippen LogP contribution in [0.15, 0.2) is 23.1 Å². The first kappa shape index (κ1) is 16.5. The third-order valence-corrected chi connectivity index (χ3v) is 5.78. The van der Waals surface area contributed by atoms with Crippen molar-refractivity contribution in [1.29, 1.82) is 5.26 Å². The Morgan fingerprint density at radius 1 is 1.41 bits per heavy atom. The first-order chi connectivity index (χ1) is 10.4. The van der Waals surface area contributed by atoms with Crippen LogP contribution in [0.25, 0.3) is 0 Å². The molecule has 1 fully saturated rings. The number of rotatable bonds is 5. The standard InChI is InChI=1S/C15H19N3O3S/c1-12-6-7-13(18-10-3-5-15(18)19)11-14(12)22(20,21)17(2)9-4-8-16/h6-7,11H,3-5,9-10H2,1-2H3. The molecule has 118 valence electrons. The van der Waals surface area contributed by atoms with E-state index in [0.29, 0.717) is 24.2 Å². The number of amides is 1. The van der Waals surface area contributed by atoms with Crippen LogP contribution in [0.5, 0.6) is 0 Å². The zero-order valence-electron chi connectivity index (χ0n) is 12.7. The highest BCUT2D eigenvalue weighted by Gasteiger charge is 2.26. The Hall–Kier alpha value is -1.91. The minimum absolute atomic E-state index is 0.0186. The number of nitrogens with zero attached hydrogens (tertiary/aromatic N) is 3. The van der Waals surface area contributed by atoms with Crippen LogP contribution in [0.4, 0.5) is 5.69 Å². The van der Waals surface area contributed by atoms with Gasteiger partial charge in [0.25, 0.3) is 0 Å². The Bertz CT molecular complexity index is 722. The number of nitriles is 1. The van der Waals surface area contributed by atoms with Gasteiger partial charge in [-0.3, -0.25) is 4.79 Å². The van der Waals surface area contributed by atoms with Gasteiger partial charge in [0.1, 0.15) is 0 Å². The van der Waals surface area contributed by atoms with Crippen molar-refractivity contribution in [3.05, 3.63) is 23.8 Å². The van der Waals surface area contributed by atoms with E-state index in [1.165, 1.54) is 11.4 Å². The average Bonchev–Trinajstić information content (AvgIpc) is 2.91. The number of sulfonamides is 1. The molecule has 0 bridgehead atoms. The van der Waals surface area contributed by atoms with Crippen LogP contribution >= 0.6 is 0 Å². The molecule has 6 nitrogen and oxygen atoms in total. The minimum Gasteiger partial charge on any atom is -0.312 e. The van der Waals surface area contributed by atoms with E-state index in [1.54, 1.807) is 30.0 Å². The highest BCUT2D eigenvalue weighted by molar-refractivity contribution is 7.89. The molecule has 1 aliphatic rings. The molecular weight excluding hydrogens is 302 g/mol. The van der Waals surface area contributed by atoms with Gasteiger partial charge in [0, 0.05) is 38.7 Å². The summed E-state index contributed by atoms with van der Waals surface area (Å²) in [6.07, 6.45) is 1.42. The van der Waals surface area contributed by atoms with Crippen molar-refractivity contribution >= 4 is 21.6 Å². The Kier molecular flexibility index (Phi) is 4.84. The quantitative estimate of drug-likeness (QED) is 0.826. The summed E-state index contributed by atoms with van der Waals surface area (Å²) in [4.78, 5) is 13.6. The summed E-state index contributed by atoms with van der Waals surface area (Å²) in [5, 5.41) is 8.61. The van der Waals surface area contributed by atoms with E-state index in [4.69, 9.17) is 5.26 Å². The molecule has 1 saturated heterocycles. The van der Waals surface area contributed by atoms with Crippen LogP contribution in [-0.4, -0.2) is 38.8 Å². The van der Waals surface area contributed by atoms with Crippen molar-refractivity contribution in [2.24, 2.45) is 0 Å². The van der Waals surface area contributed by atoms with Crippen molar-refractivity contribution in [3.63, 3.8) is 0 Å². The summed E-state index contributed by atoms with van der Waals surface area (Å²) in [7, 11) is -2.21. The molecule has 1 aromatic rings. The Labute approximate surface area is 131 Å². The van der Waals surface area contributed by atoms with Gasteiger partial charge in [0.2, 0.25) is 15.9 Å². The normalized spacial score (nSPS) is 15.4. The second kappa shape index (κ2) is 6.46. The van der Waals surface area contributed by atoms with E-state index in [-0.39, 0.29) is 23.8 Å². The lowest BCUT2D eigenvalue weighted by molar-refractivity contribution is -0.117. The van der Waals surface area contributed by atoms with Crippen LogP contribution in [0.2, 0.25) is 0 Å². The van der Waals surface area contributed by atoms with E-state index in [9.17, 15) is 13.2 Å². The third-order valence-electron chi connectivity index (χ3n) is 3.78. The molecule has 7 heteroatoms. The Balaban J connectivity index is 2.38. The van der Waals surface area contributed by atoms with Crippen LogP contribution in [0.1, 0.15) is 24.8 Å². The lowest BCUT2D eigenvalue weighted by Gasteiger charge is -2.21. The fourth-order valence-corrected chi connectivity index (χ4v) is 3.86. The molecule has 0 atom stereocenters. The molecule has 0 saturated carbocycles. The summed E-state index contributed by atoms with van der Waals surface area (Å²) in [5.41, 5.74) is 1.24. The molecule has 1 aliphatic heterocycles. The monoisotopic (exact) mass is 321 g/mol. The molecule has 1 heterocycles. The van der Waals surface area contributed by atoms with Gasteiger partial charge in [-0.15, -0.1) is 0 Å². The van der Waals surface area contributed by atoms with Gasteiger partial charge in [-0.05, 0) is 31.0 Å². The fraction of sp³-hybridized carbons (Fsp3) is 0.467. The number of carbonyl (C=O) groups is 1. The Morgan fingerprint density at radius 2 is 2.14 bits per heavy atom. The van der Waals surface area contributed by atoms with Crippen molar-refractivity contribution in [1.82, 2.24) is 4.31 Å². The third kappa shape index (κ3) is 3.13. The van der Waals surface area contributed by atoms with Crippen LogP contribution < -0.4 is 4.90 Å². The number of anilines is 1. The van der Waals surface area contributed by atoms with Crippen LogP contribution in [-0.2, 0) is 14.8 Å². The highest BCUT2D eigenvalue weighted by Crippen LogP contribution is 2.27. The predicted molar refractivity (Wildman–Crippen MR) is 82.8 cm³/mol. The molecule has 0 unspecified atom stereocenters. The van der Waals surface area contributed by atoms with Crippen molar-refractivity contribution in [2.45, 2.75) is 31.1 Å². The summed E-state index contributed by atoms with van der Waals surface area (Å²) in [6.45, 7) is 2.48. The fourth-order valence-electron chi connectivity index (χ4n) is 2.45. The van der Waals surface area contributed by atoms with Gasteiger partial charge < -0.3 is 4.90 Å². The number of carbonyl (C=O) groups excluding carboxylic acids is 1. The maximum atomic E-state index is 12.6. The molecule has 0 spiro atoms. The van der Waals surface area contributed by atoms with Crippen molar-refractivity contribution in [3.8, 4) is 6.07 Å². The van der Waals surface area contributed by atoms with Gasteiger partial charge in [0.05, 0.1) is 11.0 Å². The second-order valence-electron chi connectivity index (χ2n) is 5.33. The first-order valence-corrected chi connectivity index (χ1v) is 8.56. The zero-order valence-corrected chi connectivity index (χ0v) is 13.6. The maximum absolute atomic E-state index is 12.6. The summed E-state index contributed by atoms with van der Waals surface area (Å²) in [6, 6.07) is 6.98. The zero-order chi connectivity index (χ0) is 16.3. The predicted octanol–water partition coefficient (Wildman–Crippen LogP) is 1.66. The smallest absolute Gasteiger partial charge is 0.243 e. The lowest BCUT2D eigenvalue weighted by atomic mass is 10.2. The topological polar surface area (TPSA) is 81.5 Å². The number of hydrogen-bond acceptors (Lipinski definition) is 4. The second-order valence-corrected chi connectivity index (χ2v) is 7.35. The van der Waals surface area contributed by atoms with Crippen LogP contribution in [0.3, 0.4) is 0 Å². The largest absolute Gasteiger partial charge is 0.312 e. The molecule has 2 rings (SSSR count). The first-order valence-electron chi connectivity index (χ1n) is 7.12. The lowest BCUT2D eigenvalue weighted by Crippen LogP contribution is -2.29. The summed E-state index contributed by atoms with van der Waals surface area (Å²) in [5.74, 6) is 0.0186. The maximum Gasteiger partial charge on any atom is 0.243 e. The van der Waals surface area contributed by atoms with Gasteiger partial charge >= 0.3 is 0 Å². The number of aryl methyl sites for hydroxylation is 1. The molecular formula is C15H19N3O3S. The van der Waals surface area contributed by atoms with E-state index >= 15 is 0 Å².